The van der Waals surface area contributed by atoms with E-state index in [0.29, 0.717) is 0 Å². The Morgan fingerprint density at radius 1 is 1.00 bits per heavy atom. The SMILES string of the molecule is Cc1cc(C)c2[nH+]c(N3CC[NH+](C)CC3)cc(C)c2c1. The number of pyridine rings is 1. The number of fused-ring (bicyclic) bond motifs is 1. The Balaban J connectivity index is 2.05. The van der Waals surface area contributed by atoms with Gasteiger partial charge in [-0.1, -0.05) is 6.07 Å². The number of anilines is 1. The van der Waals surface area contributed by atoms with Gasteiger partial charge in [0.1, 0.15) is 31.7 Å². The molecule has 0 saturated carbocycles. The van der Waals surface area contributed by atoms with Gasteiger partial charge in [0.15, 0.2) is 0 Å². The molecular formula is C17H25N3+2. The number of likely N-dealkylation sites (N-methyl/N-ethyl adjacent to an activating group) is 1. The maximum atomic E-state index is 3.66. The highest BCUT2D eigenvalue weighted by Crippen LogP contribution is 2.23. The second-order valence-corrected chi connectivity index (χ2v) is 6.29. The van der Waals surface area contributed by atoms with E-state index in [1.165, 1.54) is 46.5 Å². The number of aromatic amines is 1. The normalized spacial score (nSPS) is 16.9. The molecule has 106 valence electrons. The zero-order valence-electron chi connectivity index (χ0n) is 13.0. The summed E-state index contributed by atoms with van der Waals surface area (Å²) in [5.74, 6) is 1.27. The van der Waals surface area contributed by atoms with Crippen LogP contribution in [-0.4, -0.2) is 33.2 Å². The number of nitrogens with one attached hydrogen (secondary N) is 2. The van der Waals surface area contributed by atoms with Gasteiger partial charge in [-0.05, 0) is 43.5 Å². The Morgan fingerprint density at radius 3 is 2.40 bits per heavy atom. The van der Waals surface area contributed by atoms with Crippen LogP contribution in [-0.2, 0) is 0 Å². The van der Waals surface area contributed by atoms with Crippen molar-refractivity contribution in [3.05, 3.63) is 34.9 Å². The molecule has 3 heteroatoms. The van der Waals surface area contributed by atoms with Crippen molar-refractivity contribution in [1.82, 2.24) is 0 Å². The molecule has 2 N–H and O–H groups in total. The molecule has 1 aliphatic heterocycles. The van der Waals surface area contributed by atoms with Gasteiger partial charge in [0.2, 0.25) is 0 Å². The van der Waals surface area contributed by atoms with Gasteiger partial charge < -0.3 is 4.90 Å². The van der Waals surface area contributed by atoms with Gasteiger partial charge >= 0.3 is 0 Å². The summed E-state index contributed by atoms with van der Waals surface area (Å²) < 4.78 is 0. The first-order chi connectivity index (χ1) is 9.54. The molecule has 0 spiro atoms. The molecule has 0 atom stereocenters. The number of aryl methyl sites for hydroxylation is 3. The molecular weight excluding hydrogens is 246 g/mol. The van der Waals surface area contributed by atoms with E-state index in [1.54, 1.807) is 4.90 Å². The number of rotatable bonds is 1. The largest absolute Gasteiger partial charge is 0.331 e. The third kappa shape index (κ3) is 2.38. The Hall–Kier alpha value is -1.61. The summed E-state index contributed by atoms with van der Waals surface area (Å²) in [6, 6.07) is 6.85. The van der Waals surface area contributed by atoms with Gasteiger partial charge in [-0.2, -0.15) is 0 Å². The Bertz CT molecular complexity index is 640. The van der Waals surface area contributed by atoms with E-state index in [4.69, 9.17) is 0 Å². The maximum Gasteiger partial charge on any atom is 0.275 e. The second kappa shape index (κ2) is 5.06. The number of nitrogens with zero attached hydrogens (tertiary/aromatic N) is 1. The molecule has 20 heavy (non-hydrogen) atoms. The summed E-state index contributed by atoms with van der Waals surface area (Å²) in [6.07, 6.45) is 0. The van der Waals surface area contributed by atoms with Crippen molar-refractivity contribution >= 4 is 16.7 Å². The van der Waals surface area contributed by atoms with Crippen molar-refractivity contribution in [3.8, 4) is 0 Å². The van der Waals surface area contributed by atoms with Crippen molar-refractivity contribution in [1.29, 1.82) is 0 Å². The summed E-state index contributed by atoms with van der Waals surface area (Å²) in [5.41, 5.74) is 5.33. The average molecular weight is 271 g/mol. The second-order valence-electron chi connectivity index (χ2n) is 6.29. The van der Waals surface area contributed by atoms with Crippen molar-refractivity contribution in [2.24, 2.45) is 0 Å². The predicted molar refractivity (Wildman–Crippen MR) is 83.5 cm³/mol. The minimum absolute atomic E-state index is 1.14. The number of H-pyrrole nitrogens is 1. The Kier molecular flexibility index (Phi) is 3.38. The van der Waals surface area contributed by atoms with Gasteiger partial charge in [0.25, 0.3) is 5.82 Å². The molecule has 0 aliphatic carbocycles. The van der Waals surface area contributed by atoms with Crippen molar-refractivity contribution < 1.29 is 9.88 Å². The number of piperazine rings is 1. The van der Waals surface area contributed by atoms with Crippen molar-refractivity contribution in [3.63, 3.8) is 0 Å². The molecule has 1 fully saturated rings. The lowest BCUT2D eigenvalue weighted by atomic mass is 10.0. The van der Waals surface area contributed by atoms with Gasteiger partial charge in [0.05, 0.1) is 7.05 Å². The first-order valence-electron chi connectivity index (χ1n) is 7.55. The first kappa shape index (κ1) is 13.4. The summed E-state index contributed by atoms with van der Waals surface area (Å²) in [6.45, 7) is 11.3. The predicted octanol–water partition coefficient (Wildman–Crippen LogP) is 0.914. The molecule has 1 aromatic carbocycles. The zero-order chi connectivity index (χ0) is 14.3. The molecule has 0 radical (unpaired) electrons. The topological polar surface area (TPSA) is 21.8 Å². The summed E-state index contributed by atoms with van der Waals surface area (Å²) >= 11 is 0. The third-order valence-electron chi connectivity index (χ3n) is 4.47. The highest BCUT2D eigenvalue weighted by atomic mass is 15.3. The molecule has 0 amide bonds. The quantitative estimate of drug-likeness (QED) is 0.818. The van der Waals surface area contributed by atoms with Crippen LogP contribution in [0, 0.1) is 20.8 Å². The number of benzene rings is 1. The monoisotopic (exact) mass is 271 g/mol. The standard InChI is InChI=1S/C17H23N3/c1-12-9-14(3)17-15(10-12)13(2)11-16(18-17)20-7-5-19(4)6-8-20/h9-11H,5-8H2,1-4H3/p+2. The summed E-state index contributed by atoms with van der Waals surface area (Å²) in [7, 11) is 2.28. The van der Waals surface area contributed by atoms with Crippen LogP contribution >= 0.6 is 0 Å². The maximum absolute atomic E-state index is 3.66. The number of hydrogen-bond donors (Lipinski definition) is 1. The van der Waals surface area contributed by atoms with E-state index in [9.17, 15) is 0 Å². The molecule has 3 nitrogen and oxygen atoms in total. The fourth-order valence-electron chi connectivity index (χ4n) is 3.19. The molecule has 1 aromatic heterocycles. The highest BCUT2D eigenvalue weighted by Gasteiger charge is 2.24. The highest BCUT2D eigenvalue weighted by molar-refractivity contribution is 5.83. The Morgan fingerprint density at radius 2 is 1.70 bits per heavy atom. The zero-order valence-corrected chi connectivity index (χ0v) is 13.0. The van der Waals surface area contributed by atoms with Gasteiger partial charge in [-0.3, -0.25) is 4.90 Å². The molecule has 3 rings (SSSR count). The molecule has 2 heterocycles. The van der Waals surface area contributed by atoms with E-state index in [0.717, 1.165) is 13.1 Å². The van der Waals surface area contributed by atoms with E-state index in [-0.39, 0.29) is 0 Å². The lowest BCUT2D eigenvalue weighted by Crippen LogP contribution is -3.12. The summed E-state index contributed by atoms with van der Waals surface area (Å²) in [5, 5.41) is 1.35. The van der Waals surface area contributed by atoms with Crippen LogP contribution in [0.2, 0.25) is 0 Å². The number of aromatic nitrogens is 1. The molecule has 1 saturated heterocycles. The number of hydrogen-bond acceptors (Lipinski definition) is 1. The van der Waals surface area contributed by atoms with Crippen LogP contribution in [0.15, 0.2) is 18.2 Å². The molecule has 1 aliphatic rings. The molecule has 0 bridgehead atoms. The van der Waals surface area contributed by atoms with Gasteiger partial charge in [-0.15, -0.1) is 0 Å². The Labute approximate surface area is 121 Å². The van der Waals surface area contributed by atoms with Crippen LogP contribution in [0.25, 0.3) is 10.9 Å². The minimum atomic E-state index is 1.14. The van der Waals surface area contributed by atoms with E-state index in [1.807, 2.05) is 0 Å². The lowest BCUT2D eigenvalue weighted by Gasteiger charge is -2.25. The van der Waals surface area contributed by atoms with Crippen LogP contribution in [0.4, 0.5) is 5.82 Å². The van der Waals surface area contributed by atoms with Crippen LogP contribution in [0.5, 0.6) is 0 Å². The molecule has 2 aromatic rings. The van der Waals surface area contributed by atoms with E-state index >= 15 is 0 Å². The molecule has 0 unspecified atom stereocenters. The third-order valence-corrected chi connectivity index (χ3v) is 4.47. The lowest BCUT2D eigenvalue weighted by molar-refractivity contribution is -0.880. The van der Waals surface area contributed by atoms with Crippen molar-refractivity contribution in [2.75, 3.05) is 38.1 Å². The van der Waals surface area contributed by atoms with Crippen LogP contribution in [0.3, 0.4) is 0 Å². The minimum Gasteiger partial charge on any atom is -0.331 e. The van der Waals surface area contributed by atoms with Gasteiger partial charge in [-0.25, -0.2) is 4.98 Å². The summed E-state index contributed by atoms with van der Waals surface area (Å²) in [4.78, 5) is 7.78. The smallest absolute Gasteiger partial charge is 0.275 e. The first-order valence-corrected chi connectivity index (χ1v) is 7.55. The van der Waals surface area contributed by atoms with E-state index < -0.39 is 0 Å². The van der Waals surface area contributed by atoms with E-state index in [2.05, 4.69) is 55.9 Å². The van der Waals surface area contributed by atoms with Crippen LogP contribution in [0.1, 0.15) is 16.7 Å². The van der Waals surface area contributed by atoms with Gasteiger partial charge in [0, 0.05) is 11.5 Å². The fourth-order valence-corrected chi connectivity index (χ4v) is 3.19. The number of quaternary nitrogens is 1. The fraction of sp³-hybridized carbons (Fsp3) is 0.471. The van der Waals surface area contributed by atoms with Crippen molar-refractivity contribution in [2.45, 2.75) is 20.8 Å². The van der Waals surface area contributed by atoms with Crippen LogP contribution < -0.4 is 14.8 Å². The average Bonchev–Trinajstić information content (AvgIpc) is 2.40.